The van der Waals surface area contributed by atoms with Gasteiger partial charge in [0.25, 0.3) is 0 Å². The predicted octanol–water partition coefficient (Wildman–Crippen LogP) is 3.45. The van der Waals surface area contributed by atoms with Crippen LogP contribution in [0.3, 0.4) is 0 Å². The summed E-state index contributed by atoms with van der Waals surface area (Å²) in [6.45, 7) is 6.47. The number of hydrogen-bond donors (Lipinski definition) is 1. The van der Waals surface area contributed by atoms with Crippen molar-refractivity contribution in [2.45, 2.75) is 52.1 Å². The van der Waals surface area contributed by atoms with Crippen LogP contribution in [-0.2, 0) is 6.54 Å². The minimum absolute atomic E-state index is 0.522. The minimum Gasteiger partial charge on any atom is -0.359 e. The van der Waals surface area contributed by atoms with E-state index in [1.54, 1.807) is 0 Å². The third-order valence-electron chi connectivity index (χ3n) is 5.31. The summed E-state index contributed by atoms with van der Waals surface area (Å²) in [6.07, 6.45) is 7.84. The maximum atomic E-state index is 4.57. The van der Waals surface area contributed by atoms with E-state index >= 15 is 0 Å². The predicted molar refractivity (Wildman–Crippen MR) is 88.4 cm³/mol. The standard InChI is InChI=1S/C18H29N3/c1-13(2)20-11-15-6-7-19-18(10-15)21(3)12-17-9-14-4-5-16(17)8-14/h6-7,10,13-14,16-17,20H,4-5,8-9,11-12H2,1-3H3. The van der Waals surface area contributed by atoms with Crippen LogP contribution in [0.2, 0.25) is 0 Å². The smallest absolute Gasteiger partial charge is 0.128 e. The van der Waals surface area contributed by atoms with E-state index in [1.807, 2.05) is 6.20 Å². The Hall–Kier alpha value is -1.09. The number of fused-ring (bicyclic) bond motifs is 2. The molecule has 2 aliphatic rings. The van der Waals surface area contributed by atoms with Crippen LogP contribution in [0, 0.1) is 17.8 Å². The van der Waals surface area contributed by atoms with E-state index in [0.717, 1.165) is 30.1 Å². The van der Waals surface area contributed by atoms with Gasteiger partial charge >= 0.3 is 0 Å². The van der Waals surface area contributed by atoms with Gasteiger partial charge in [-0.25, -0.2) is 4.98 Å². The molecule has 2 fully saturated rings. The van der Waals surface area contributed by atoms with Crippen LogP contribution in [0.25, 0.3) is 0 Å². The van der Waals surface area contributed by atoms with Crippen molar-refractivity contribution >= 4 is 5.82 Å². The second-order valence-corrected chi connectivity index (χ2v) is 7.37. The molecule has 1 aromatic rings. The van der Waals surface area contributed by atoms with Crippen LogP contribution in [-0.4, -0.2) is 24.6 Å². The topological polar surface area (TPSA) is 28.2 Å². The fourth-order valence-electron chi connectivity index (χ4n) is 4.15. The van der Waals surface area contributed by atoms with E-state index in [1.165, 1.54) is 37.8 Å². The van der Waals surface area contributed by atoms with E-state index in [2.05, 4.69) is 48.2 Å². The highest BCUT2D eigenvalue weighted by molar-refractivity contribution is 5.40. The zero-order valence-electron chi connectivity index (χ0n) is 13.7. The van der Waals surface area contributed by atoms with Crippen LogP contribution in [0.1, 0.15) is 45.1 Å². The average Bonchev–Trinajstić information content (AvgIpc) is 3.08. The van der Waals surface area contributed by atoms with Gasteiger partial charge in [0.2, 0.25) is 0 Å². The fourth-order valence-corrected chi connectivity index (χ4v) is 4.15. The maximum absolute atomic E-state index is 4.57. The fraction of sp³-hybridized carbons (Fsp3) is 0.722. The molecule has 1 N–H and O–H groups in total. The molecule has 21 heavy (non-hydrogen) atoms. The Morgan fingerprint density at radius 3 is 2.86 bits per heavy atom. The molecule has 3 nitrogen and oxygen atoms in total. The third-order valence-corrected chi connectivity index (χ3v) is 5.31. The largest absolute Gasteiger partial charge is 0.359 e. The summed E-state index contributed by atoms with van der Waals surface area (Å²) in [7, 11) is 2.20. The van der Waals surface area contributed by atoms with Gasteiger partial charge in [-0.1, -0.05) is 20.3 Å². The molecule has 3 heteroatoms. The molecule has 0 amide bonds. The van der Waals surface area contributed by atoms with Crippen LogP contribution in [0.5, 0.6) is 0 Å². The second kappa shape index (κ2) is 6.35. The number of aromatic nitrogens is 1. The van der Waals surface area contributed by atoms with Gasteiger partial charge in [0.15, 0.2) is 0 Å². The molecule has 0 spiro atoms. The van der Waals surface area contributed by atoms with Gasteiger partial charge in [0.05, 0.1) is 0 Å². The van der Waals surface area contributed by atoms with Crippen molar-refractivity contribution in [1.82, 2.24) is 10.3 Å². The number of pyridine rings is 1. The molecule has 1 aromatic heterocycles. The van der Waals surface area contributed by atoms with Crippen molar-refractivity contribution in [2.24, 2.45) is 17.8 Å². The lowest BCUT2D eigenvalue weighted by Gasteiger charge is -2.28. The molecule has 2 bridgehead atoms. The molecule has 0 aromatic carbocycles. The number of anilines is 1. The van der Waals surface area contributed by atoms with Gasteiger partial charge in [-0.2, -0.15) is 0 Å². The Bertz CT molecular complexity index is 471. The van der Waals surface area contributed by atoms with E-state index in [9.17, 15) is 0 Å². The van der Waals surface area contributed by atoms with E-state index in [4.69, 9.17) is 0 Å². The summed E-state index contributed by atoms with van der Waals surface area (Å²) < 4.78 is 0. The molecule has 0 aliphatic heterocycles. The van der Waals surface area contributed by atoms with Gasteiger partial charge in [-0.15, -0.1) is 0 Å². The van der Waals surface area contributed by atoms with Crippen molar-refractivity contribution < 1.29 is 0 Å². The summed E-state index contributed by atoms with van der Waals surface area (Å²) in [5.41, 5.74) is 1.33. The Morgan fingerprint density at radius 1 is 1.33 bits per heavy atom. The summed E-state index contributed by atoms with van der Waals surface area (Å²) in [5, 5.41) is 3.48. The van der Waals surface area contributed by atoms with Gasteiger partial charge in [0, 0.05) is 32.4 Å². The van der Waals surface area contributed by atoms with Crippen molar-refractivity contribution in [1.29, 1.82) is 0 Å². The number of hydrogen-bond acceptors (Lipinski definition) is 3. The van der Waals surface area contributed by atoms with E-state index in [0.29, 0.717) is 6.04 Å². The zero-order valence-corrected chi connectivity index (χ0v) is 13.7. The van der Waals surface area contributed by atoms with Gasteiger partial charge < -0.3 is 10.2 Å². The molecule has 3 rings (SSSR count). The summed E-state index contributed by atoms with van der Waals surface area (Å²) >= 11 is 0. The van der Waals surface area contributed by atoms with Crippen LogP contribution in [0.4, 0.5) is 5.82 Å². The lowest BCUT2D eigenvalue weighted by molar-refractivity contribution is 0.337. The Kier molecular flexibility index (Phi) is 4.48. The van der Waals surface area contributed by atoms with Crippen LogP contribution in [0.15, 0.2) is 18.3 Å². The molecular formula is C18H29N3. The number of rotatable bonds is 6. The normalized spacial score (nSPS) is 27.5. The van der Waals surface area contributed by atoms with Gasteiger partial charge in [-0.05, 0) is 54.7 Å². The quantitative estimate of drug-likeness (QED) is 0.868. The Morgan fingerprint density at radius 2 is 2.19 bits per heavy atom. The van der Waals surface area contributed by atoms with Crippen molar-refractivity contribution in [3.63, 3.8) is 0 Å². The molecule has 1 heterocycles. The van der Waals surface area contributed by atoms with E-state index in [-0.39, 0.29) is 0 Å². The molecule has 2 aliphatic carbocycles. The summed E-state index contributed by atoms with van der Waals surface area (Å²) in [5.74, 6) is 4.04. The highest BCUT2D eigenvalue weighted by Crippen LogP contribution is 2.48. The monoisotopic (exact) mass is 287 g/mol. The first-order valence-electron chi connectivity index (χ1n) is 8.51. The number of nitrogens with one attached hydrogen (secondary N) is 1. The molecular weight excluding hydrogens is 258 g/mol. The van der Waals surface area contributed by atoms with Gasteiger partial charge in [0.1, 0.15) is 5.82 Å². The maximum Gasteiger partial charge on any atom is 0.128 e. The zero-order chi connectivity index (χ0) is 14.8. The Balaban J connectivity index is 1.59. The highest BCUT2D eigenvalue weighted by atomic mass is 15.2. The molecule has 3 atom stereocenters. The van der Waals surface area contributed by atoms with Crippen LogP contribution < -0.4 is 10.2 Å². The first-order valence-corrected chi connectivity index (χ1v) is 8.51. The lowest BCUT2D eigenvalue weighted by atomic mass is 9.88. The third kappa shape index (κ3) is 3.57. The lowest BCUT2D eigenvalue weighted by Crippen LogP contribution is -2.29. The average molecular weight is 287 g/mol. The Labute approximate surface area is 129 Å². The SMILES string of the molecule is CC(C)NCc1ccnc(N(C)CC2CC3CCC2C3)c1. The second-order valence-electron chi connectivity index (χ2n) is 7.37. The summed E-state index contributed by atoms with van der Waals surface area (Å²) in [6, 6.07) is 4.88. The van der Waals surface area contributed by atoms with Crippen LogP contribution >= 0.6 is 0 Å². The van der Waals surface area contributed by atoms with E-state index < -0.39 is 0 Å². The van der Waals surface area contributed by atoms with Crippen molar-refractivity contribution in [3.05, 3.63) is 23.9 Å². The first-order chi connectivity index (χ1) is 10.1. The molecule has 116 valence electrons. The molecule has 0 saturated heterocycles. The van der Waals surface area contributed by atoms with Crippen molar-refractivity contribution in [2.75, 3.05) is 18.5 Å². The molecule has 2 saturated carbocycles. The number of nitrogens with zero attached hydrogens (tertiary/aromatic N) is 2. The van der Waals surface area contributed by atoms with Gasteiger partial charge in [-0.3, -0.25) is 0 Å². The van der Waals surface area contributed by atoms with Crippen molar-refractivity contribution in [3.8, 4) is 0 Å². The minimum atomic E-state index is 0.522. The summed E-state index contributed by atoms with van der Waals surface area (Å²) in [4.78, 5) is 6.93. The first kappa shape index (κ1) is 14.8. The molecule has 3 unspecified atom stereocenters. The molecule has 0 radical (unpaired) electrons. The highest BCUT2D eigenvalue weighted by Gasteiger charge is 2.39.